The van der Waals surface area contributed by atoms with Crippen molar-refractivity contribution in [2.24, 2.45) is 11.3 Å². The number of hydrogen-bond donors (Lipinski definition) is 1. The van der Waals surface area contributed by atoms with E-state index >= 15 is 0 Å². The Labute approximate surface area is 156 Å². The Morgan fingerprint density at radius 1 is 0.880 bits per heavy atom. The number of carboxylic acid groups (broad SMARTS) is 1. The second-order valence-corrected chi connectivity index (χ2v) is 7.60. The summed E-state index contributed by atoms with van der Waals surface area (Å²) in [6.07, 6.45) is 22.6. The minimum atomic E-state index is -0.615. The van der Waals surface area contributed by atoms with Crippen molar-refractivity contribution in [1.29, 1.82) is 0 Å². The Kier molecular flexibility index (Phi) is 14.6. The van der Waals surface area contributed by atoms with Gasteiger partial charge in [-0.2, -0.15) is 0 Å². The second kappa shape index (κ2) is 15.2. The van der Waals surface area contributed by atoms with Crippen molar-refractivity contribution in [1.82, 2.24) is 0 Å². The average molecular weight is 351 g/mol. The van der Waals surface area contributed by atoms with Crippen LogP contribution in [0.25, 0.3) is 0 Å². The predicted octanol–water partition coefficient (Wildman–Crippen LogP) is 7.55. The minimum absolute atomic E-state index is 0.202. The maximum absolute atomic E-state index is 11.6. The molecule has 0 aromatic rings. The molecule has 25 heavy (non-hydrogen) atoms. The quantitative estimate of drug-likeness (QED) is 0.230. The summed E-state index contributed by atoms with van der Waals surface area (Å²) < 4.78 is 0. The summed E-state index contributed by atoms with van der Waals surface area (Å²) in [6.45, 7) is 8.33. The zero-order valence-electron chi connectivity index (χ0n) is 17.2. The number of aliphatic carboxylic acids is 1. The van der Waals surface area contributed by atoms with E-state index in [1.54, 1.807) is 0 Å². The summed E-state index contributed by atoms with van der Waals surface area (Å²) >= 11 is 0. The molecule has 0 amide bonds. The van der Waals surface area contributed by atoms with E-state index in [1.807, 2.05) is 20.8 Å². The molecule has 1 N–H and O–H groups in total. The molecule has 0 radical (unpaired) electrons. The van der Waals surface area contributed by atoms with Gasteiger partial charge < -0.3 is 5.11 Å². The molecule has 0 fully saturated rings. The first-order valence-electron chi connectivity index (χ1n) is 10.5. The summed E-state index contributed by atoms with van der Waals surface area (Å²) in [5.41, 5.74) is -0.524. The number of rotatable bonds is 16. The van der Waals surface area contributed by atoms with Crippen LogP contribution in [0.3, 0.4) is 0 Å². The maximum Gasteiger partial charge on any atom is 0.309 e. The maximum atomic E-state index is 11.6. The molecule has 0 bridgehead atoms. The Bertz CT molecular complexity index is 382. The largest absolute Gasteiger partial charge is 0.481 e. The Hall–Kier alpha value is -1.05. The number of carboxylic acids is 1. The van der Waals surface area contributed by atoms with Crippen LogP contribution in [-0.4, -0.2) is 11.1 Å². The summed E-state index contributed by atoms with van der Waals surface area (Å²) in [6, 6.07) is 0. The highest BCUT2D eigenvalue weighted by Crippen LogP contribution is 2.37. The van der Waals surface area contributed by atoms with Crippen LogP contribution in [0.5, 0.6) is 0 Å². The molecule has 2 heteroatoms. The molecular formula is C23H42O2. The number of carbonyl (C=O) groups is 1. The third kappa shape index (κ3) is 10.5. The van der Waals surface area contributed by atoms with Crippen LogP contribution in [0, 0.1) is 11.3 Å². The van der Waals surface area contributed by atoms with Gasteiger partial charge in [0.2, 0.25) is 0 Å². The molecule has 0 spiro atoms. The molecule has 0 saturated carbocycles. The molecule has 2 nitrogen and oxygen atoms in total. The van der Waals surface area contributed by atoms with Crippen LogP contribution in [0.2, 0.25) is 0 Å². The SMILES string of the molecule is CCCCC/C=C\C/C=C\CCCCCCC(CC)(C(=O)O)C(C)C. The number of unbranched alkanes of at least 4 members (excludes halogenated alkanes) is 7. The molecule has 1 unspecified atom stereocenters. The van der Waals surface area contributed by atoms with Gasteiger partial charge in [0, 0.05) is 0 Å². The number of hydrogen-bond acceptors (Lipinski definition) is 1. The fourth-order valence-electron chi connectivity index (χ4n) is 3.45. The molecule has 1 atom stereocenters. The van der Waals surface area contributed by atoms with Crippen molar-refractivity contribution in [3.8, 4) is 0 Å². The van der Waals surface area contributed by atoms with E-state index in [-0.39, 0.29) is 5.92 Å². The first-order chi connectivity index (χ1) is 12.0. The van der Waals surface area contributed by atoms with Crippen molar-refractivity contribution >= 4 is 5.97 Å². The van der Waals surface area contributed by atoms with Crippen molar-refractivity contribution in [2.45, 2.75) is 105 Å². The van der Waals surface area contributed by atoms with E-state index in [1.165, 1.54) is 38.5 Å². The van der Waals surface area contributed by atoms with Crippen LogP contribution in [0.15, 0.2) is 24.3 Å². The van der Waals surface area contributed by atoms with E-state index in [2.05, 4.69) is 31.2 Å². The van der Waals surface area contributed by atoms with Crippen LogP contribution < -0.4 is 0 Å². The monoisotopic (exact) mass is 350 g/mol. The molecule has 0 aromatic heterocycles. The number of allylic oxidation sites excluding steroid dienone is 4. The minimum Gasteiger partial charge on any atom is -0.481 e. The van der Waals surface area contributed by atoms with Crippen LogP contribution in [0.1, 0.15) is 105 Å². The zero-order chi connectivity index (χ0) is 19.0. The van der Waals surface area contributed by atoms with Crippen LogP contribution >= 0.6 is 0 Å². The summed E-state index contributed by atoms with van der Waals surface area (Å²) in [5, 5.41) is 9.58. The van der Waals surface area contributed by atoms with E-state index in [4.69, 9.17) is 0 Å². The summed E-state index contributed by atoms with van der Waals surface area (Å²) in [7, 11) is 0. The van der Waals surface area contributed by atoms with Gasteiger partial charge in [-0.05, 0) is 50.9 Å². The van der Waals surface area contributed by atoms with Gasteiger partial charge in [-0.15, -0.1) is 0 Å². The predicted molar refractivity (Wildman–Crippen MR) is 110 cm³/mol. The molecule has 0 rings (SSSR count). The standard InChI is InChI=1S/C23H42O2/c1-5-7-8-9-10-11-12-13-14-15-16-17-18-19-20-23(6-2,21(3)4)22(24)25/h10-11,13-14,21H,5-9,12,15-20H2,1-4H3,(H,24,25)/b11-10-,14-13-. The molecule has 0 saturated heterocycles. The van der Waals surface area contributed by atoms with Gasteiger partial charge >= 0.3 is 5.97 Å². The first-order valence-corrected chi connectivity index (χ1v) is 10.5. The lowest BCUT2D eigenvalue weighted by Crippen LogP contribution is -2.35. The van der Waals surface area contributed by atoms with Gasteiger partial charge in [0.1, 0.15) is 0 Å². The lowest BCUT2D eigenvalue weighted by atomic mass is 9.71. The van der Waals surface area contributed by atoms with Gasteiger partial charge in [0.15, 0.2) is 0 Å². The van der Waals surface area contributed by atoms with E-state index in [9.17, 15) is 9.90 Å². The highest BCUT2D eigenvalue weighted by molar-refractivity contribution is 5.74. The highest BCUT2D eigenvalue weighted by Gasteiger charge is 2.38. The molecule has 0 heterocycles. The lowest BCUT2D eigenvalue weighted by molar-refractivity contribution is -0.153. The normalized spacial score (nSPS) is 14.6. The topological polar surface area (TPSA) is 37.3 Å². The molecule has 146 valence electrons. The summed E-state index contributed by atoms with van der Waals surface area (Å²) in [4.78, 5) is 11.6. The smallest absolute Gasteiger partial charge is 0.309 e. The summed E-state index contributed by atoms with van der Waals surface area (Å²) in [5.74, 6) is -0.413. The second-order valence-electron chi connectivity index (χ2n) is 7.60. The van der Waals surface area contributed by atoms with Gasteiger partial charge in [-0.3, -0.25) is 4.79 Å². The fraction of sp³-hybridized carbons (Fsp3) is 0.783. The molecule has 0 aromatic carbocycles. The Morgan fingerprint density at radius 2 is 1.44 bits per heavy atom. The zero-order valence-corrected chi connectivity index (χ0v) is 17.2. The Balaban J connectivity index is 3.72. The highest BCUT2D eigenvalue weighted by atomic mass is 16.4. The van der Waals surface area contributed by atoms with Gasteiger partial charge in [0.05, 0.1) is 5.41 Å². The average Bonchev–Trinajstić information content (AvgIpc) is 2.58. The van der Waals surface area contributed by atoms with Crippen LogP contribution in [-0.2, 0) is 4.79 Å². The van der Waals surface area contributed by atoms with E-state index in [0.29, 0.717) is 0 Å². The molecule has 0 aliphatic rings. The van der Waals surface area contributed by atoms with Crippen molar-refractivity contribution in [3.05, 3.63) is 24.3 Å². The Morgan fingerprint density at radius 3 is 1.92 bits per heavy atom. The first kappa shape index (κ1) is 23.9. The third-order valence-electron chi connectivity index (χ3n) is 5.49. The van der Waals surface area contributed by atoms with Crippen molar-refractivity contribution in [2.75, 3.05) is 0 Å². The van der Waals surface area contributed by atoms with E-state index in [0.717, 1.165) is 38.5 Å². The molecule has 0 aliphatic heterocycles. The van der Waals surface area contributed by atoms with Crippen LogP contribution in [0.4, 0.5) is 0 Å². The van der Waals surface area contributed by atoms with Gasteiger partial charge in [0.25, 0.3) is 0 Å². The fourth-order valence-corrected chi connectivity index (χ4v) is 3.45. The third-order valence-corrected chi connectivity index (χ3v) is 5.49. The molecule has 0 aliphatic carbocycles. The van der Waals surface area contributed by atoms with Crippen molar-refractivity contribution in [3.63, 3.8) is 0 Å². The van der Waals surface area contributed by atoms with Crippen molar-refractivity contribution < 1.29 is 9.90 Å². The lowest BCUT2D eigenvalue weighted by Gasteiger charge is -2.32. The van der Waals surface area contributed by atoms with Gasteiger partial charge in [-0.1, -0.05) is 84.1 Å². The van der Waals surface area contributed by atoms with E-state index < -0.39 is 11.4 Å². The molecular weight excluding hydrogens is 308 g/mol. The van der Waals surface area contributed by atoms with Gasteiger partial charge in [-0.25, -0.2) is 0 Å².